The van der Waals surface area contributed by atoms with Gasteiger partial charge in [0.25, 0.3) is 0 Å². The van der Waals surface area contributed by atoms with E-state index in [4.69, 9.17) is 11.6 Å². The molecular formula is C14H20ClN5O. The maximum atomic E-state index is 11.9. The number of rotatable bonds is 6. The Morgan fingerprint density at radius 3 is 2.90 bits per heavy atom. The topological polar surface area (TPSA) is 64.7 Å². The predicted octanol–water partition coefficient (Wildman–Crippen LogP) is 1.53. The van der Waals surface area contributed by atoms with Gasteiger partial charge in [0.05, 0.1) is 5.69 Å². The fourth-order valence-corrected chi connectivity index (χ4v) is 2.80. The van der Waals surface area contributed by atoms with Crippen LogP contribution in [0.25, 0.3) is 11.2 Å². The summed E-state index contributed by atoms with van der Waals surface area (Å²) in [7, 11) is 1.91. The molecule has 0 radical (unpaired) electrons. The van der Waals surface area contributed by atoms with Crippen molar-refractivity contribution in [3.05, 3.63) is 11.5 Å². The number of halogens is 1. The van der Waals surface area contributed by atoms with E-state index in [1.165, 1.54) is 0 Å². The number of aromatic nitrogens is 4. The van der Waals surface area contributed by atoms with E-state index in [1.807, 2.05) is 18.7 Å². The summed E-state index contributed by atoms with van der Waals surface area (Å²) in [5.41, 5.74) is 2.77. The Morgan fingerprint density at radius 1 is 1.48 bits per heavy atom. The molecule has 0 atom stereocenters. The van der Waals surface area contributed by atoms with E-state index in [0.717, 1.165) is 35.5 Å². The summed E-state index contributed by atoms with van der Waals surface area (Å²) in [4.78, 5) is 16.5. The lowest BCUT2D eigenvalue weighted by molar-refractivity contribution is -0.121. The van der Waals surface area contributed by atoms with Crippen LogP contribution in [-0.4, -0.2) is 37.2 Å². The van der Waals surface area contributed by atoms with Gasteiger partial charge in [-0.2, -0.15) is 5.10 Å². The van der Waals surface area contributed by atoms with Gasteiger partial charge in [-0.25, -0.2) is 4.98 Å². The summed E-state index contributed by atoms with van der Waals surface area (Å²) in [6.07, 6.45) is 3.38. The maximum Gasteiger partial charge on any atom is 0.222 e. The molecule has 0 aromatic carbocycles. The third-order valence-electron chi connectivity index (χ3n) is 3.79. The van der Waals surface area contributed by atoms with Crippen LogP contribution in [0.3, 0.4) is 0 Å². The minimum atomic E-state index is 0.107. The summed E-state index contributed by atoms with van der Waals surface area (Å²) in [5, 5.41) is 7.41. The number of nitrogens with one attached hydrogen (secondary N) is 1. The van der Waals surface area contributed by atoms with Crippen LogP contribution in [0.5, 0.6) is 0 Å². The predicted molar refractivity (Wildman–Crippen MR) is 81.4 cm³/mol. The molecule has 1 aliphatic carbocycles. The van der Waals surface area contributed by atoms with Crippen molar-refractivity contribution in [3.8, 4) is 0 Å². The van der Waals surface area contributed by atoms with E-state index in [1.54, 1.807) is 0 Å². The van der Waals surface area contributed by atoms with Gasteiger partial charge in [-0.3, -0.25) is 9.48 Å². The van der Waals surface area contributed by atoms with Crippen LogP contribution in [0, 0.1) is 6.92 Å². The Bertz CT molecular complexity index is 670. The normalized spacial score (nSPS) is 14.8. The summed E-state index contributed by atoms with van der Waals surface area (Å²) < 4.78 is 3.90. The molecule has 1 aliphatic rings. The minimum absolute atomic E-state index is 0.107. The highest BCUT2D eigenvalue weighted by atomic mass is 35.5. The monoisotopic (exact) mass is 309 g/mol. The first-order valence-corrected chi connectivity index (χ1v) is 7.87. The first-order valence-electron chi connectivity index (χ1n) is 7.34. The molecule has 0 spiro atoms. The summed E-state index contributed by atoms with van der Waals surface area (Å²) in [6, 6.07) is 0.404. The summed E-state index contributed by atoms with van der Waals surface area (Å²) in [5.74, 6) is 1.55. The number of fused-ring (bicyclic) bond motifs is 1. The fraction of sp³-hybridized carbons (Fsp3) is 0.643. The number of amides is 1. The second-order valence-electron chi connectivity index (χ2n) is 5.59. The van der Waals surface area contributed by atoms with Crippen molar-refractivity contribution in [2.45, 2.75) is 45.2 Å². The average Bonchev–Trinajstić information content (AvgIpc) is 3.09. The van der Waals surface area contributed by atoms with Gasteiger partial charge in [0.1, 0.15) is 11.3 Å². The third kappa shape index (κ3) is 2.90. The Hall–Kier alpha value is -1.56. The molecule has 21 heavy (non-hydrogen) atoms. The van der Waals surface area contributed by atoms with E-state index in [2.05, 4.69) is 20.0 Å². The van der Waals surface area contributed by atoms with Crippen LogP contribution in [0.2, 0.25) is 0 Å². The van der Waals surface area contributed by atoms with Gasteiger partial charge >= 0.3 is 0 Å². The van der Waals surface area contributed by atoms with Crippen molar-refractivity contribution >= 4 is 28.7 Å². The molecule has 0 aliphatic heterocycles. The molecule has 6 nitrogen and oxygen atoms in total. The number of alkyl halides is 1. The molecular weight excluding hydrogens is 290 g/mol. The smallest absolute Gasteiger partial charge is 0.222 e. The second kappa shape index (κ2) is 5.67. The fourth-order valence-electron chi connectivity index (χ4n) is 2.63. The van der Waals surface area contributed by atoms with Gasteiger partial charge in [0, 0.05) is 38.4 Å². The number of imidazole rings is 1. The molecule has 1 amide bonds. The summed E-state index contributed by atoms with van der Waals surface area (Å²) in [6.45, 7) is 2.56. The molecule has 1 fully saturated rings. The molecule has 0 bridgehead atoms. The lowest BCUT2D eigenvalue weighted by atomic mass is 10.3. The molecule has 3 rings (SSSR count). The Morgan fingerprint density at radius 2 is 2.24 bits per heavy atom. The van der Waals surface area contributed by atoms with Crippen molar-refractivity contribution in [2.24, 2.45) is 7.05 Å². The maximum absolute atomic E-state index is 11.9. The van der Waals surface area contributed by atoms with Crippen molar-refractivity contribution in [1.29, 1.82) is 0 Å². The molecule has 1 N–H and O–H groups in total. The van der Waals surface area contributed by atoms with E-state index in [9.17, 15) is 4.79 Å². The Balaban J connectivity index is 1.83. The number of hydrogen-bond donors (Lipinski definition) is 1. The van der Waals surface area contributed by atoms with E-state index >= 15 is 0 Å². The van der Waals surface area contributed by atoms with Gasteiger partial charge in [0.2, 0.25) is 5.91 Å². The zero-order valence-corrected chi connectivity index (χ0v) is 13.2. The zero-order valence-electron chi connectivity index (χ0n) is 12.4. The number of aryl methyl sites for hydroxylation is 4. The molecule has 0 saturated heterocycles. The van der Waals surface area contributed by atoms with Gasteiger partial charge in [0.15, 0.2) is 5.65 Å². The molecule has 2 heterocycles. The minimum Gasteiger partial charge on any atom is -0.353 e. The third-order valence-corrected chi connectivity index (χ3v) is 3.98. The summed E-state index contributed by atoms with van der Waals surface area (Å²) >= 11 is 5.87. The van der Waals surface area contributed by atoms with Crippen LogP contribution in [0.1, 0.15) is 30.8 Å². The number of carbonyl (C=O) groups is 1. The van der Waals surface area contributed by atoms with E-state index in [0.29, 0.717) is 31.3 Å². The average molecular weight is 310 g/mol. The van der Waals surface area contributed by atoms with Gasteiger partial charge < -0.3 is 9.88 Å². The number of nitrogens with zero attached hydrogens (tertiary/aromatic N) is 4. The van der Waals surface area contributed by atoms with Gasteiger partial charge in [-0.05, 0) is 19.8 Å². The largest absolute Gasteiger partial charge is 0.353 e. The molecule has 114 valence electrons. The standard InChI is InChI=1S/C14H20ClN5O/c1-9-13-14(19(2)18-9)20(11(17-13)5-7-15)8-6-12(21)16-10-3-4-10/h10H,3-8H2,1-2H3,(H,16,21). The van der Waals surface area contributed by atoms with E-state index in [-0.39, 0.29) is 5.91 Å². The van der Waals surface area contributed by atoms with Crippen LogP contribution in [-0.2, 0) is 24.8 Å². The van der Waals surface area contributed by atoms with Crippen LogP contribution >= 0.6 is 11.6 Å². The molecule has 7 heteroatoms. The molecule has 0 unspecified atom stereocenters. The SMILES string of the molecule is Cc1nn(C)c2c1nc(CCCl)n2CCC(=O)NC1CC1. The second-order valence-corrected chi connectivity index (χ2v) is 5.97. The first kappa shape index (κ1) is 14.4. The molecule has 2 aromatic heterocycles. The lowest BCUT2D eigenvalue weighted by Crippen LogP contribution is -2.26. The quantitative estimate of drug-likeness (QED) is 0.823. The van der Waals surface area contributed by atoms with E-state index < -0.39 is 0 Å². The van der Waals surface area contributed by atoms with Crippen molar-refractivity contribution in [3.63, 3.8) is 0 Å². The van der Waals surface area contributed by atoms with Gasteiger partial charge in [-0.1, -0.05) is 0 Å². The highest BCUT2D eigenvalue weighted by Gasteiger charge is 2.23. The Kier molecular flexibility index (Phi) is 3.89. The lowest BCUT2D eigenvalue weighted by Gasteiger charge is -2.09. The van der Waals surface area contributed by atoms with Crippen LogP contribution in [0.15, 0.2) is 0 Å². The highest BCUT2D eigenvalue weighted by molar-refractivity contribution is 6.17. The highest BCUT2D eigenvalue weighted by Crippen LogP contribution is 2.21. The number of carbonyl (C=O) groups excluding carboxylic acids is 1. The van der Waals surface area contributed by atoms with Gasteiger partial charge in [-0.15, -0.1) is 11.6 Å². The molecule has 1 saturated carbocycles. The van der Waals surface area contributed by atoms with Crippen LogP contribution in [0.4, 0.5) is 0 Å². The number of hydrogen-bond acceptors (Lipinski definition) is 3. The Labute approximate surface area is 128 Å². The van der Waals surface area contributed by atoms with Crippen molar-refractivity contribution < 1.29 is 4.79 Å². The van der Waals surface area contributed by atoms with Crippen molar-refractivity contribution in [1.82, 2.24) is 24.6 Å². The van der Waals surface area contributed by atoms with Crippen LogP contribution < -0.4 is 5.32 Å². The first-order chi connectivity index (χ1) is 10.1. The molecule has 2 aromatic rings. The zero-order chi connectivity index (χ0) is 15.0. The van der Waals surface area contributed by atoms with Crippen molar-refractivity contribution in [2.75, 3.05) is 5.88 Å².